The molecular formula is C22H15Cl2FeN5S+2. The van der Waals surface area contributed by atoms with E-state index in [9.17, 15) is 0 Å². The minimum Gasteiger partial charge on any atom is -0.227 e. The van der Waals surface area contributed by atoms with Gasteiger partial charge >= 0.3 is 17.1 Å². The van der Waals surface area contributed by atoms with Gasteiger partial charge in [0.05, 0.1) is 10.7 Å². The van der Waals surface area contributed by atoms with E-state index in [1.54, 1.807) is 29.4 Å². The average Bonchev–Trinajstić information content (AvgIpc) is 3.56. The van der Waals surface area contributed by atoms with Crippen molar-refractivity contribution in [1.29, 1.82) is 0 Å². The summed E-state index contributed by atoms with van der Waals surface area (Å²) in [6.07, 6.45) is 22.7. The Labute approximate surface area is 207 Å². The molecule has 3 aromatic rings. The van der Waals surface area contributed by atoms with E-state index in [2.05, 4.69) is 20.1 Å². The Bertz CT molecular complexity index is 972. The molecule has 5 nitrogen and oxygen atoms in total. The number of aliphatic imine (C=N–C) groups is 1. The van der Waals surface area contributed by atoms with E-state index in [0.29, 0.717) is 15.2 Å². The van der Waals surface area contributed by atoms with Crippen molar-refractivity contribution < 1.29 is 17.1 Å². The molecule has 1 aromatic carbocycles. The van der Waals surface area contributed by atoms with Crippen LogP contribution in [0.4, 0.5) is 5.13 Å². The van der Waals surface area contributed by atoms with Crippen LogP contribution in [0.5, 0.6) is 0 Å². The molecule has 2 aliphatic carbocycles. The second-order valence-corrected chi connectivity index (χ2v) is 7.85. The molecule has 0 unspecified atom stereocenters. The van der Waals surface area contributed by atoms with Gasteiger partial charge in [0.2, 0.25) is 5.13 Å². The second-order valence-electron chi connectivity index (χ2n) is 6.05. The van der Waals surface area contributed by atoms with E-state index in [4.69, 9.17) is 23.2 Å². The van der Waals surface area contributed by atoms with Crippen LogP contribution >= 0.6 is 34.5 Å². The standard InChI is InChI=1S/C17H10Cl2N5S.C5H5.Fe/c18-13-6-5-12(14(19)7-13)8-21-17-23-15(11-3-1-2-4-11)16(25-17)24-10-20-9-22-24;1-2-4-5-3-1;/h1-10H;1-5H;/q;;+2/b21-8+;;. The maximum absolute atomic E-state index is 6.18. The summed E-state index contributed by atoms with van der Waals surface area (Å²) in [5.41, 5.74) is 1.59. The molecule has 31 heavy (non-hydrogen) atoms. The van der Waals surface area contributed by atoms with Gasteiger partial charge in [-0.2, -0.15) is 5.10 Å². The summed E-state index contributed by atoms with van der Waals surface area (Å²) < 4.78 is 1.69. The first-order chi connectivity index (χ1) is 14.7. The zero-order valence-electron chi connectivity index (χ0n) is 15.9. The van der Waals surface area contributed by atoms with Crippen LogP contribution in [0.25, 0.3) is 5.00 Å². The van der Waals surface area contributed by atoms with Crippen LogP contribution < -0.4 is 0 Å². The number of hydrogen-bond donors (Lipinski definition) is 0. The Balaban J connectivity index is 0.000000401. The molecule has 9 heteroatoms. The van der Waals surface area contributed by atoms with Gasteiger partial charge in [-0.15, -0.1) is 0 Å². The van der Waals surface area contributed by atoms with Crippen LogP contribution in [0.2, 0.25) is 10.0 Å². The van der Waals surface area contributed by atoms with E-state index < -0.39 is 0 Å². The van der Waals surface area contributed by atoms with E-state index in [1.165, 1.54) is 17.7 Å². The molecule has 2 aromatic heterocycles. The summed E-state index contributed by atoms with van der Waals surface area (Å²) in [6.45, 7) is 0. The van der Waals surface area contributed by atoms with E-state index in [1.807, 2.05) is 63.9 Å². The molecule has 2 saturated carbocycles. The van der Waals surface area contributed by atoms with Crippen LogP contribution in [0.15, 0.2) is 35.8 Å². The zero-order chi connectivity index (χ0) is 20.8. The number of aromatic nitrogens is 4. The Morgan fingerprint density at radius 1 is 0.968 bits per heavy atom. The van der Waals surface area contributed by atoms with Gasteiger partial charge in [0.1, 0.15) is 17.7 Å². The third-order valence-corrected chi connectivity index (χ3v) is 5.51. The molecule has 0 aliphatic heterocycles. The summed E-state index contributed by atoms with van der Waals surface area (Å²) in [4.78, 5) is 13.1. The smallest absolute Gasteiger partial charge is 0.227 e. The molecule has 2 aliphatic rings. The van der Waals surface area contributed by atoms with Crippen molar-refractivity contribution in [1.82, 2.24) is 19.7 Å². The maximum Gasteiger partial charge on any atom is 2.00 e. The molecule has 0 saturated heterocycles. The third-order valence-electron chi connectivity index (χ3n) is 3.99. The molecule has 5 rings (SSSR count). The van der Waals surface area contributed by atoms with Gasteiger partial charge in [0, 0.05) is 22.7 Å². The van der Waals surface area contributed by atoms with Crippen molar-refractivity contribution >= 4 is 45.9 Å². The molecule has 0 spiro atoms. The number of hydrogen-bond acceptors (Lipinski definition) is 5. The van der Waals surface area contributed by atoms with Crippen molar-refractivity contribution in [3.05, 3.63) is 116 Å². The fourth-order valence-electron chi connectivity index (χ4n) is 2.60. The van der Waals surface area contributed by atoms with Gasteiger partial charge in [-0.1, -0.05) is 40.6 Å². The van der Waals surface area contributed by atoms with E-state index in [-0.39, 0.29) is 17.1 Å². The average molecular weight is 508 g/mol. The third kappa shape index (κ3) is 6.62. The van der Waals surface area contributed by atoms with Crippen LogP contribution in [-0.4, -0.2) is 26.0 Å². The number of nitrogens with zero attached hydrogens (tertiary/aromatic N) is 5. The first-order valence-corrected chi connectivity index (χ1v) is 10.5. The van der Waals surface area contributed by atoms with Crippen LogP contribution in [0.1, 0.15) is 11.3 Å². The summed E-state index contributed by atoms with van der Waals surface area (Å²) in [7, 11) is 0. The van der Waals surface area contributed by atoms with Crippen LogP contribution in [-0.2, 0) is 17.1 Å². The maximum atomic E-state index is 6.18. The molecule has 0 bridgehead atoms. The topological polar surface area (TPSA) is 56.0 Å². The van der Waals surface area contributed by atoms with Crippen molar-refractivity contribution in [2.75, 3.05) is 0 Å². The number of benzene rings is 1. The van der Waals surface area contributed by atoms with Crippen molar-refractivity contribution in [2.24, 2.45) is 4.99 Å². The van der Waals surface area contributed by atoms with Gasteiger partial charge in [0.25, 0.3) is 0 Å². The van der Waals surface area contributed by atoms with Crippen molar-refractivity contribution in [2.45, 2.75) is 0 Å². The summed E-state index contributed by atoms with van der Waals surface area (Å²) >= 11 is 13.5. The van der Waals surface area contributed by atoms with Crippen LogP contribution in [0, 0.1) is 63.7 Å². The second kappa shape index (κ2) is 12.1. The molecule has 2 heterocycles. The Hall–Kier alpha value is -1.24. The van der Waals surface area contributed by atoms with Crippen molar-refractivity contribution in [3.8, 4) is 5.00 Å². The molecular weight excluding hydrogens is 493 g/mol. The first kappa shape index (κ1) is 24.4. The fraction of sp³-hybridized carbons (Fsp3) is 0. The fourth-order valence-corrected chi connectivity index (χ4v) is 3.92. The number of thiazole rings is 1. The predicted octanol–water partition coefficient (Wildman–Crippen LogP) is 5.55. The Kier molecular flexibility index (Phi) is 9.54. The minimum absolute atomic E-state index is 0. The van der Waals surface area contributed by atoms with Gasteiger partial charge in [-0.3, -0.25) is 0 Å². The monoisotopic (exact) mass is 507 g/mol. The zero-order valence-corrected chi connectivity index (χ0v) is 19.3. The summed E-state index contributed by atoms with van der Waals surface area (Å²) in [6, 6.07) is 5.27. The summed E-state index contributed by atoms with van der Waals surface area (Å²) in [5.74, 6) is 1.01. The van der Waals surface area contributed by atoms with Gasteiger partial charge < -0.3 is 0 Å². The largest absolute Gasteiger partial charge is 2.00 e. The van der Waals surface area contributed by atoms with Gasteiger partial charge in [-0.25, -0.2) is 19.6 Å². The molecule has 10 radical (unpaired) electrons. The quantitative estimate of drug-likeness (QED) is 0.343. The Morgan fingerprint density at radius 2 is 1.68 bits per heavy atom. The van der Waals surface area contributed by atoms with Gasteiger partial charge in [-0.05, 0) is 69.9 Å². The van der Waals surface area contributed by atoms with Crippen LogP contribution in [0.3, 0.4) is 0 Å². The minimum atomic E-state index is 0. The van der Waals surface area contributed by atoms with Gasteiger partial charge in [0.15, 0.2) is 0 Å². The Morgan fingerprint density at radius 3 is 2.29 bits per heavy atom. The predicted molar refractivity (Wildman–Crippen MR) is 122 cm³/mol. The van der Waals surface area contributed by atoms with Crippen molar-refractivity contribution in [3.63, 3.8) is 0 Å². The molecule has 0 amide bonds. The first-order valence-electron chi connectivity index (χ1n) is 8.94. The number of halogens is 2. The normalized spacial score (nSPS) is 16.3. The molecule has 154 valence electrons. The molecule has 2 fully saturated rings. The van der Waals surface area contributed by atoms with E-state index in [0.717, 1.165) is 22.2 Å². The number of rotatable bonds is 4. The summed E-state index contributed by atoms with van der Waals surface area (Å²) in [5, 5.41) is 6.79. The molecule has 0 atom stereocenters. The molecule has 0 N–H and O–H groups in total. The van der Waals surface area contributed by atoms with E-state index >= 15 is 0 Å². The SMILES string of the molecule is Clc1ccc(/C=N/c2nc([C]3[CH][CH][CH][CH]3)c(-n3cncn3)s2)c(Cl)c1.[CH]1[CH][CH][CH][CH]1.[Fe+2].